The average Bonchev–Trinajstić information content (AvgIpc) is 2.89. The minimum Gasteiger partial charge on any atom is -0.485 e. The van der Waals surface area contributed by atoms with Gasteiger partial charge >= 0.3 is 5.97 Å². The number of non-ortho nitro benzene ring substituents is 1. The van der Waals surface area contributed by atoms with Gasteiger partial charge in [-0.1, -0.05) is 5.16 Å². The van der Waals surface area contributed by atoms with Crippen molar-refractivity contribution in [3.63, 3.8) is 0 Å². The van der Waals surface area contributed by atoms with E-state index in [0.29, 0.717) is 5.76 Å². The fraction of sp³-hybridized carbons (Fsp3) is 0.0909. The van der Waals surface area contributed by atoms with Gasteiger partial charge < -0.3 is 14.4 Å². The summed E-state index contributed by atoms with van der Waals surface area (Å²) in [5, 5.41) is 23.0. The standard InChI is InChI=1S/C11H8N2O6/c14-11(15)9-5-7(13(16)17)1-2-10(9)18-6-8-3-4-12-19-8/h1-5H,6H2,(H,14,15). The largest absolute Gasteiger partial charge is 0.485 e. The van der Waals surface area contributed by atoms with Crippen molar-refractivity contribution in [3.8, 4) is 5.75 Å². The third-order valence-corrected chi connectivity index (χ3v) is 2.27. The smallest absolute Gasteiger partial charge is 0.339 e. The topological polar surface area (TPSA) is 116 Å². The van der Waals surface area contributed by atoms with Crippen LogP contribution in [0.4, 0.5) is 5.69 Å². The molecule has 0 radical (unpaired) electrons. The molecule has 19 heavy (non-hydrogen) atoms. The molecule has 1 N–H and O–H groups in total. The van der Waals surface area contributed by atoms with Crippen LogP contribution in [0.15, 0.2) is 35.0 Å². The van der Waals surface area contributed by atoms with E-state index in [1.165, 1.54) is 18.3 Å². The predicted octanol–water partition coefficient (Wildman–Crippen LogP) is 1.86. The number of carbonyl (C=O) groups is 1. The molecule has 0 atom stereocenters. The van der Waals surface area contributed by atoms with E-state index in [1.807, 2.05) is 0 Å². The Bertz CT molecular complexity index is 608. The lowest BCUT2D eigenvalue weighted by molar-refractivity contribution is -0.384. The predicted molar refractivity (Wildman–Crippen MR) is 60.9 cm³/mol. The second-order valence-corrected chi connectivity index (χ2v) is 3.51. The van der Waals surface area contributed by atoms with Crippen LogP contribution in [0.5, 0.6) is 5.75 Å². The molecule has 8 nitrogen and oxygen atoms in total. The van der Waals surface area contributed by atoms with Crippen LogP contribution in [0.1, 0.15) is 16.1 Å². The average molecular weight is 264 g/mol. The third kappa shape index (κ3) is 2.86. The molecule has 0 aliphatic carbocycles. The molecule has 98 valence electrons. The molecule has 0 aliphatic heterocycles. The molecule has 0 saturated carbocycles. The van der Waals surface area contributed by atoms with Crippen molar-refractivity contribution in [3.05, 3.63) is 51.9 Å². The lowest BCUT2D eigenvalue weighted by Crippen LogP contribution is -2.04. The molecule has 0 fully saturated rings. The van der Waals surface area contributed by atoms with E-state index < -0.39 is 10.9 Å². The highest BCUT2D eigenvalue weighted by atomic mass is 16.6. The van der Waals surface area contributed by atoms with Gasteiger partial charge in [0, 0.05) is 18.2 Å². The molecule has 8 heteroatoms. The Hall–Kier alpha value is -2.90. The first kappa shape index (κ1) is 12.6. The Balaban J connectivity index is 2.24. The zero-order valence-electron chi connectivity index (χ0n) is 9.48. The summed E-state index contributed by atoms with van der Waals surface area (Å²) in [6, 6.07) is 4.91. The Labute approximate surface area is 106 Å². The second kappa shape index (κ2) is 5.17. The fourth-order valence-corrected chi connectivity index (χ4v) is 1.39. The lowest BCUT2D eigenvalue weighted by Gasteiger charge is -2.07. The Morgan fingerprint density at radius 3 is 2.84 bits per heavy atom. The molecule has 1 aromatic carbocycles. The summed E-state index contributed by atoms with van der Waals surface area (Å²) in [7, 11) is 0. The Kier molecular flexibility index (Phi) is 3.42. The van der Waals surface area contributed by atoms with Gasteiger partial charge in [0.25, 0.3) is 5.69 Å². The maximum Gasteiger partial charge on any atom is 0.339 e. The summed E-state index contributed by atoms with van der Waals surface area (Å²) in [4.78, 5) is 20.9. The number of nitro benzene ring substituents is 1. The molecule has 0 spiro atoms. The number of benzene rings is 1. The van der Waals surface area contributed by atoms with Crippen molar-refractivity contribution in [2.24, 2.45) is 0 Å². The van der Waals surface area contributed by atoms with Crippen molar-refractivity contribution >= 4 is 11.7 Å². The van der Waals surface area contributed by atoms with Gasteiger partial charge in [-0.15, -0.1) is 0 Å². The number of nitro groups is 1. The van der Waals surface area contributed by atoms with Gasteiger partial charge in [0.05, 0.1) is 11.1 Å². The first-order chi connectivity index (χ1) is 9.08. The molecule has 1 heterocycles. The SMILES string of the molecule is O=C(O)c1cc([N+](=O)[O-])ccc1OCc1ccno1. The Morgan fingerprint density at radius 1 is 1.47 bits per heavy atom. The molecule has 0 saturated heterocycles. The van der Waals surface area contributed by atoms with E-state index >= 15 is 0 Å². The summed E-state index contributed by atoms with van der Waals surface area (Å²) in [6.45, 7) is -0.0158. The van der Waals surface area contributed by atoms with E-state index in [-0.39, 0.29) is 23.6 Å². The highest BCUT2D eigenvalue weighted by molar-refractivity contribution is 5.91. The highest BCUT2D eigenvalue weighted by Crippen LogP contribution is 2.25. The number of carboxylic acid groups (broad SMARTS) is 1. The summed E-state index contributed by atoms with van der Waals surface area (Å²) in [5.74, 6) is -0.875. The first-order valence-electron chi connectivity index (χ1n) is 5.12. The zero-order chi connectivity index (χ0) is 13.8. The number of nitrogens with zero attached hydrogens (tertiary/aromatic N) is 2. The van der Waals surface area contributed by atoms with Gasteiger partial charge in [-0.2, -0.15) is 0 Å². The molecule has 0 aliphatic rings. The number of aromatic carboxylic acids is 1. The van der Waals surface area contributed by atoms with Crippen molar-refractivity contribution in [1.29, 1.82) is 0 Å². The second-order valence-electron chi connectivity index (χ2n) is 3.51. The monoisotopic (exact) mass is 264 g/mol. The van der Waals surface area contributed by atoms with E-state index in [4.69, 9.17) is 14.4 Å². The first-order valence-corrected chi connectivity index (χ1v) is 5.12. The van der Waals surface area contributed by atoms with Gasteiger partial charge in [-0.25, -0.2) is 4.79 Å². The van der Waals surface area contributed by atoms with Gasteiger partial charge in [-0.3, -0.25) is 10.1 Å². The quantitative estimate of drug-likeness (QED) is 0.647. The van der Waals surface area contributed by atoms with Crippen LogP contribution in [0, 0.1) is 10.1 Å². The number of hydrogen-bond acceptors (Lipinski definition) is 6. The van der Waals surface area contributed by atoms with Crippen LogP contribution in [0.25, 0.3) is 0 Å². The van der Waals surface area contributed by atoms with E-state index in [9.17, 15) is 14.9 Å². The van der Waals surface area contributed by atoms with Crippen LogP contribution in [-0.2, 0) is 6.61 Å². The summed E-state index contributed by atoms with van der Waals surface area (Å²) in [5.41, 5.74) is -0.599. The molecular formula is C11H8N2O6. The molecule has 1 aromatic heterocycles. The minimum atomic E-state index is -1.31. The highest BCUT2D eigenvalue weighted by Gasteiger charge is 2.17. The maximum atomic E-state index is 11.0. The van der Waals surface area contributed by atoms with Crippen LogP contribution in [0.3, 0.4) is 0 Å². The molecule has 0 amide bonds. The van der Waals surface area contributed by atoms with Crippen LogP contribution in [0.2, 0.25) is 0 Å². The number of aromatic nitrogens is 1. The minimum absolute atomic E-state index is 0.0158. The van der Waals surface area contributed by atoms with Crippen molar-refractivity contribution in [2.45, 2.75) is 6.61 Å². The van der Waals surface area contributed by atoms with Crippen LogP contribution < -0.4 is 4.74 Å². The zero-order valence-corrected chi connectivity index (χ0v) is 9.48. The van der Waals surface area contributed by atoms with Gasteiger partial charge in [-0.05, 0) is 6.07 Å². The van der Waals surface area contributed by atoms with E-state index in [0.717, 1.165) is 6.07 Å². The van der Waals surface area contributed by atoms with Crippen molar-refractivity contribution < 1.29 is 24.1 Å². The lowest BCUT2D eigenvalue weighted by atomic mass is 10.2. The number of ether oxygens (including phenoxy) is 1. The van der Waals surface area contributed by atoms with Gasteiger partial charge in [0.2, 0.25) is 0 Å². The van der Waals surface area contributed by atoms with E-state index in [2.05, 4.69) is 5.16 Å². The maximum absolute atomic E-state index is 11.0. The summed E-state index contributed by atoms with van der Waals surface area (Å²) < 4.78 is 10.0. The summed E-state index contributed by atoms with van der Waals surface area (Å²) in [6.07, 6.45) is 1.42. The van der Waals surface area contributed by atoms with Crippen molar-refractivity contribution in [2.75, 3.05) is 0 Å². The summed E-state index contributed by atoms with van der Waals surface area (Å²) >= 11 is 0. The molecule has 2 rings (SSSR count). The molecular weight excluding hydrogens is 256 g/mol. The van der Waals surface area contributed by atoms with Gasteiger partial charge in [0.1, 0.15) is 17.9 Å². The number of hydrogen-bond donors (Lipinski definition) is 1. The molecule has 0 unspecified atom stereocenters. The normalized spacial score (nSPS) is 10.1. The third-order valence-electron chi connectivity index (χ3n) is 2.27. The fourth-order valence-electron chi connectivity index (χ4n) is 1.39. The van der Waals surface area contributed by atoms with Crippen molar-refractivity contribution in [1.82, 2.24) is 5.16 Å². The van der Waals surface area contributed by atoms with Crippen LogP contribution in [-0.4, -0.2) is 21.2 Å². The van der Waals surface area contributed by atoms with Crippen LogP contribution >= 0.6 is 0 Å². The van der Waals surface area contributed by atoms with Gasteiger partial charge in [0.15, 0.2) is 5.76 Å². The van der Waals surface area contributed by atoms with E-state index in [1.54, 1.807) is 6.07 Å². The Morgan fingerprint density at radius 2 is 2.26 bits per heavy atom. The molecule has 2 aromatic rings. The molecule has 0 bridgehead atoms. The number of rotatable bonds is 5. The number of carboxylic acids is 1.